The number of tetrazole rings is 1. The fourth-order valence-electron chi connectivity index (χ4n) is 2.14. The van der Waals surface area contributed by atoms with E-state index < -0.39 is 12.0 Å². The summed E-state index contributed by atoms with van der Waals surface area (Å²) in [6.45, 7) is 0. The van der Waals surface area contributed by atoms with Crippen LogP contribution in [0.1, 0.15) is 23.1 Å². The Labute approximate surface area is 132 Å². The first-order valence-electron chi connectivity index (χ1n) is 7.07. The molecule has 1 atom stereocenters. The lowest BCUT2D eigenvalue weighted by Crippen LogP contribution is -2.20. The fraction of sp³-hybridized carbons (Fsp3) is 0.125. The van der Waals surface area contributed by atoms with Crippen LogP contribution in [0.3, 0.4) is 0 Å². The number of hydrogen-bond donors (Lipinski definition) is 3. The topological polar surface area (TPSA) is 104 Å². The smallest absolute Gasteiger partial charge is 0.257 e. The molecule has 3 rings (SSSR count). The van der Waals surface area contributed by atoms with Crippen LogP contribution in [-0.4, -0.2) is 31.6 Å². The highest BCUT2D eigenvalue weighted by atomic mass is 16.3. The monoisotopic (exact) mass is 309 g/mol. The molecule has 23 heavy (non-hydrogen) atoms. The summed E-state index contributed by atoms with van der Waals surface area (Å²) in [5, 5.41) is 26.4. The van der Waals surface area contributed by atoms with Gasteiger partial charge in [-0.25, -0.2) is 0 Å². The lowest BCUT2D eigenvalue weighted by atomic mass is 10.1. The van der Waals surface area contributed by atoms with Crippen LogP contribution in [0.15, 0.2) is 54.6 Å². The van der Waals surface area contributed by atoms with Crippen LogP contribution in [0.2, 0.25) is 0 Å². The van der Waals surface area contributed by atoms with E-state index in [0.29, 0.717) is 23.5 Å². The van der Waals surface area contributed by atoms with Crippen LogP contribution in [0.25, 0.3) is 0 Å². The Morgan fingerprint density at radius 2 is 1.87 bits per heavy atom. The average Bonchev–Trinajstić information content (AvgIpc) is 3.10. The lowest BCUT2D eigenvalue weighted by molar-refractivity contribution is -0.124. The predicted octanol–water partition coefficient (Wildman–Crippen LogP) is 1.46. The summed E-state index contributed by atoms with van der Waals surface area (Å²) in [5.74, 6) is 0.128. The van der Waals surface area contributed by atoms with E-state index in [0.717, 1.165) is 5.56 Å². The van der Waals surface area contributed by atoms with Gasteiger partial charge in [-0.15, -0.1) is 10.2 Å². The summed E-state index contributed by atoms with van der Waals surface area (Å²) < 4.78 is 0. The molecule has 3 aromatic rings. The van der Waals surface area contributed by atoms with Crippen molar-refractivity contribution in [1.29, 1.82) is 0 Å². The molecule has 1 aromatic heterocycles. The van der Waals surface area contributed by atoms with E-state index in [2.05, 4.69) is 25.9 Å². The van der Waals surface area contributed by atoms with E-state index in [9.17, 15) is 9.90 Å². The lowest BCUT2D eigenvalue weighted by Gasteiger charge is -2.12. The number of hydrogen-bond acceptors (Lipinski definition) is 5. The van der Waals surface area contributed by atoms with E-state index in [1.165, 1.54) is 0 Å². The summed E-state index contributed by atoms with van der Waals surface area (Å²) in [6.07, 6.45) is -0.646. The van der Waals surface area contributed by atoms with Gasteiger partial charge in [-0.1, -0.05) is 47.7 Å². The van der Waals surface area contributed by atoms with Gasteiger partial charge < -0.3 is 10.4 Å². The van der Waals surface area contributed by atoms with Crippen molar-refractivity contribution in [2.75, 3.05) is 5.32 Å². The minimum atomic E-state index is -1.20. The van der Waals surface area contributed by atoms with E-state index >= 15 is 0 Å². The zero-order chi connectivity index (χ0) is 16.1. The van der Waals surface area contributed by atoms with Gasteiger partial charge in [0.15, 0.2) is 11.9 Å². The maximum absolute atomic E-state index is 12.1. The third kappa shape index (κ3) is 3.78. The first-order chi connectivity index (χ1) is 11.2. The number of anilines is 1. The molecule has 7 heteroatoms. The summed E-state index contributed by atoms with van der Waals surface area (Å²) in [4.78, 5) is 12.1. The quantitative estimate of drug-likeness (QED) is 0.662. The molecule has 0 saturated carbocycles. The Kier molecular flexibility index (Phi) is 4.39. The third-order valence-corrected chi connectivity index (χ3v) is 3.34. The summed E-state index contributed by atoms with van der Waals surface area (Å²) in [5.41, 5.74) is 2.16. The molecule has 0 saturated heterocycles. The van der Waals surface area contributed by atoms with Crippen LogP contribution >= 0.6 is 0 Å². The number of aromatic nitrogens is 4. The predicted molar refractivity (Wildman–Crippen MR) is 83.5 cm³/mol. The Balaban J connectivity index is 1.62. The molecule has 1 heterocycles. The van der Waals surface area contributed by atoms with E-state index in [4.69, 9.17) is 0 Å². The van der Waals surface area contributed by atoms with Gasteiger partial charge in [0, 0.05) is 12.1 Å². The summed E-state index contributed by atoms with van der Waals surface area (Å²) in [7, 11) is 0. The van der Waals surface area contributed by atoms with Crippen molar-refractivity contribution in [3.63, 3.8) is 0 Å². The molecular weight excluding hydrogens is 294 g/mol. The molecule has 1 amide bonds. The molecule has 0 bridgehead atoms. The zero-order valence-electron chi connectivity index (χ0n) is 12.2. The Morgan fingerprint density at radius 3 is 2.52 bits per heavy atom. The number of nitrogens with one attached hydrogen (secondary N) is 2. The van der Waals surface area contributed by atoms with Gasteiger partial charge in [-0.3, -0.25) is 4.79 Å². The van der Waals surface area contributed by atoms with Gasteiger partial charge in [-0.05, 0) is 23.3 Å². The van der Waals surface area contributed by atoms with Crippen molar-refractivity contribution in [1.82, 2.24) is 20.6 Å². The van der Waals surface area contributed by atoms with Gasteiger partial charge in [-0.2, -0.15) is 5.21 Å². The minimum absolute atomic E-state index is 0.470. The van der Waals surface area contributed by atoms with Crippen LogP contribution in [0, 0.1) is 0 Å². The second kappa shape index (κ2) is 6.80. The molecule has 2 aromatic carbocycles. The SMILES string of the molecule is O=C(Nc1ccc(Cc2nn[nH]n2)cc1)C(O)c1ccccc1. The number of nitrogens with zero attached hydrogens (tertiary/aromatic N) is 3. The molecular formula is C16H15N5O2. The molecule has 0 aliphatic heterocycles. The van der Waals surface area contributed by atoms with Crippen molar-refractivity contribution < 1.29 is 9.90 Å². The number of amides is 1. The molecule has 0 aliphatic carbocycles. The van der Waals surface area contributed by atoms with E-state index in [1.807, 2.05) is 18.2 Å². The number of aliphatic hydroxyl groups is 1. The molecule has 0 fully saturated rings. The molecule has 0 radical (unpaired) electrons. The van der Waals surface area contributed by atoms with Gasteiger partial charge in [0.25, 0.3) is 5.91 Å². The fourth-order valence-corrected chi connectivity index (χ4v) is 2.14. The highest BCUT2D eigenvalue weighted by Crippen LogP contribution is 2.16. The minimum Gasteiger partial charge on any atom is -0.378 e. The zero-order valence-corrected chi connectivity index (χ0v) is 12.2. The maximum Gasteiger partial charge on any atom is 0.257 e. The van der Waals surface area contributed by atoms with Crippen LogP contribution in [-0.2, 0) is 11.2 Å². The number of aromatic amines is 1. The molecule has 0 spiro atoms. The molecule has 3 N–H and O–H groups in total. The van der Waals surface area contributed by atoms with E-state index in [-0.39, 0.29) is 0 Å². The largest absolute Gasteiger partial charge is 0.378 e. The normalized spacial score (nSPS) is 11.9. The van der Waals surface area contributed by atoms with Crippen molar-refractivity contribution >= 4 is 11.6 Å². The average molecular weight is 309 g/mol. The second-order valence-electron chi connectivity index (χ2n) is 5.00. The first-order valence-corrected chi connectivity index (χ1v) is 7.07. The highest BCUT2D eigenvalue weighted by molar-refractivity contribution is 5.94. The highest BCUT2D eigenvalue weighted by Gasteiger charge is 2.16. The van der Waals surface area contributed by atoms with Gasteiger partial charge >= 0.3 is 0 Å². The van der Waals surface area contributed by atoms with Crippen LogP contribution in [0.5, 0.6) is 0 Å². The second-order valence-corrected chi connectivity index (χ2v) is 5.00. The maximum atomic E-state index is 12.1. The van der Waals surface area contributed by atoms with Gasteiger partial charge in [0.05, 0.1) is 0 Å². The number of H-pyrrole nitrogens is 1. The van der Waals surface area contributed by atoms with Gasteiger partial charge in [0.2, 0.25) is 0 Å². The standard InChI is InChI=1S/C16H15N5O2/c22-15(12-4-2-1-3-5-12)16(23)17-13-8-6-11(7-9-13)10-14-18-20-21-19-14/h1-9,15,22H,10H2,(H,17,23)(H,18,19,20,21). The number of aliphatic hydroxyl groups excluding tert-OH is 1. The van der Waals surface area contributed by atoms with Crippen molar-refractivity contribution in [3.05, 3.63) is 71.5 Å². The number of carbonyl (C=O) groups is 1. The van der Waals surface area contributed by atoms with Crippen molar-refractivity contribution in [3.8, 4) is 0 Å². The molecule has 1 unspecified atom stereocenters. The van der Waals surface area contributed by atoms with Gasteiger partial charge in [0.1, 0.15) is 0 Å². The molecule has 116 valence electrons. The Hall–Kier alpha value is -3.06. The van der Waals surface area contributed by atoms with Crippen LogP contribution in [0.4, 0.5) is 5.69 Å². The number of rotatable bonds is 5. The molecule has 0 aliphatic rings. The first kappa shape index (κ1) is 14.9. The Morgan fingerprint density at radius 1 is 1.13 bits per heavy atom. The van der Waals surface area contributed by atoms with Crippen molar-refractivity contribution in [2.24, 2.45) is 0 Å². The number of carbonyl (C=O) groups excluding carboxylic acids is 1. The van der Waals surface area contributed by atoms with Crippen LogP contribution < -0.4 is 5.32 Å². The van der Waals surface area contributed by atoms with E-state index in [1.54, 1.807) is 36.4 Å². The summed E-state index contributed by atoms with van der Waals surface area (Å²) in [6, 6.07) is 16.1. The number of benzene rings is 2. The van der Waals surface area contributed by atoms with Crippen molar-refractivity contribution in [2.45, 2.75) is 12.5 Å². The summed E-state index contributed by atoms with van der Waals surface area (Å²) >= 11 is 0. The third-order valence-electron chi connectivity index (χ3n) is 3.34. The Bertz CT molecular complexity index is 757. The molecule has 7 nitrogen and oxygen atoms in total.